The Bertz CT molecular complexity index is 585. The Morgan fingerprint density at radius 1 is 0.960 bits per heavy atom. The molecule has 0 heterocycles. The van der Waals surface area contributed by atoms with Gasteiger partial charge in [-0.2, -0.15) is 0 Å². The molecular weight excluding hydrogens is 336 g/mol. The van der Waals surface area contributed by atoms with Gasteiger partial charge in [0.2, 0.25) is 0 Å². The zero-order valence-corrected chi connectivity index (χ0v) is 14.3. The van der Waals surface area contributed by atoms with Crippen molar-refractivity contribution in [1.82, 2.24) is 4.90 Å². The number of nitrogens with zero attached hydrogens (tertiary/aromatic N) is 2. The molecule has 10 heteroatoms. The molecule has 0 aliphatic carbocycles. The number of carboxylic acids is 2. The molecule has 10 nitrogen and oxygen atoms in total. The minimum atomic E-state index is -2.27. The molecular formula is C15H22N2O8. The molecule has 0 fully saturated rings. The fourth-order valence-corrected chi connectivity index (χ4v) is 1.29. The average Bonchev–Trinajstić information content (AvgIpc) is 2.53. The van der Waals surface area contributed by atoms with Gasteiger partial charge in [0, 0.05) is 39.9 Å². The van der Waals surface area contributed by atoms with Gasteiger partial charge in [0.15, 0.2) is 12.2 Å². The van der Waals surface area contributed by atoms with Gasteiger partial charge in [-0.15, -0.1) is 0 Å². The normalized spacial score (nSPS) is 12.1. The number of benzene rings is 1. The van der Waals surface area contributed by atoms with Crippen LogP contribution in [0.2, 0.25) is 0 Å². The monoisotopic (exact) mass is 358 g/mol. The van der Waals surface area contributed by atoms with Crippen molar-refractivity contribution in [1.29, 1.82) is 0 Å². The summed E-state index contributed by atoms with van der Waals surface area (Å²) >= 11 is 0. The van der Waals surface area contributed by atoms with Crippen LogP contribution in [0.15, 0.2) is 24.3 Å². The first-order valence-electron chi connectivity index (χ1n) is 6.95. The number of carboxylic acid groups (broad SMARTS) is 2. The number of rotatable bonds is 5. The first-order chi connectivity index (χ1) is 11.5. The van der Waals surface area contributed by atoms with E-state index in [0.717, 1.165) is 5.69 Å². The molecule has 25 heavy (non-hydrogen) atoms. The number of hydrogen-bond donors (Lipinski definition) is 4. The third kappa shape index (κ3) is 7.99. The van der Waals surface area contributed by atoms with Crippen LogP contribution in [0.25, 0.3) is 0 Å². The fourth-order valence-electron chi connectivity index (χ4n) is 1.29. The van der Waals surface area contributed by atoms with E-state index in [-0.39, 0.29) is 6.09 Å². The van der Waals surface area contributed by atoms with Gasteiger partial charge in [-0.1, -0.05) is 6.07 Å². The van der Waals surface area contributed by atoms with E-state index in [1.807, 2.05) is 37.2 Å². The van der Waals surface area contributed by atoms with Crippen molar-refractivity contribution in [3.63, 3.8) is 0 Å². The number of aliphatic hydroxyl groups is 2. The van der Waals surface area contributed by atoms with Crippen LogP contribution >= 0.6 is 0 Å². The highest BCUT2D eigenvalue weighted by molar-refractivity contribution is 5.83. The van der Waals surface area contributed by atoms with Crippen LogP contribution in [0.1, 0.15) is 0 Å². The molecule has 140 valence electrons. The van der Waals surface area contributed by atoms with Crippen molar-refractivity contribution in [3.05, 3.63) is 24.3 Å². The molecule has 0 spiro atoms. The van der Waals surface area contributed by atoms with E-state index in [2.05, 4.69) is 0 Å². The summed E-state index contributed by atoms with van der Waals surface area (Å²) in [4.78, 5) is 34.2. The van der Waals surface area contributed by atoms with E-state index < -0.39 is 24.1 Å². The second-order valence-corrected chi connectivity index (χ2v) is 5.22. The van der Waals surface area contributed by atoms with Crippen molar-refractivity contribution in [2.75, 3.05) is 33.1 Å². The number of ether oxygens (including phenoxy) is 1. The van der Waals surface area contributed by atoms with Gasteiger partial charge in [0.1, 0.15) is 5.75 Å². The minimum Gasteiger partial charge on any atom is -0.479 e. The third-order valence-corrected chi connectivity index (χ3v) is 2.71. The Hall–Kier alpha value is -2.85. The Morgan fingerprint density at radius 2 is 1.44 bits per heavy atom. The molecule has 0 aliphatic heterocycles. The second-order valence-electron chi connectivity index (χ2n) is 5.22. The van der Waals surface area contributed by atoms with E-state index in [4.69, 9.17) is 25.2 Å². The summed E-state index contributed by atoms with van der Waals surface area (Å²) in [5.74, 6) is -2.98. The molecule has 0 radical (unpaired) electrons. The number of aliphatic hydroxyl groups excluding tert-OH is 2. The van der Waals surface area contributed by atoms with Crippen molar-refractivity contribution in [2.24, 2.45) is 0 Å². The largest absolute Gasteiger partial charge is 0.479 e. The summed E-state index contributed by atoms with van der Waals surface area (Å²) in [6, 6.07) is 7.39. The summed E-state index contributed by atoms with van der Waals surface area (Å²) in [7, 11) is 7.18. The average molecular weight is 358 g/mol. The molecule has 0 saturated carbocycles. The maximum absolute atomic E-state index is 11.3. The number of hydrogen-bond acceptors (Lipinski definition) is 7. The minimum absolute atomic E-state index is 0.370. The Labute approximate surface area is 144 Å². The van der Waals surface area contributed by atoms with Gasteiger partial charge in [-0.05, 0) is 12.1 Å². The lowest BCUT2D eigenvalue weighted by Crippen LogP contribution is -2.39. The van der Waals surface area contributed by atoms with Crippen molar-refractivity contribution in [3.8, 4) is 5.75 Å². The molecule has 4 N–H and O–H groups in total. The van der Waals surface area contributed by atoms with Crippen LogP contribution in [0.4, 0.5) is 10.5 Å². The Balaban J connectivity index is 0.000000504. The maximum Gasteiger partial charge on any atom is 0.414 e. The summed E-state index contributed by atoms with van der Waals surface area (Å²) in [5, 5.41) is 32.5. The van der Waals surface area contributed by atoms with E-state index in [9.17, 15) is 14.4 Å². The summed E-state index contributed by atoms with van der Waals surface area (Å²) in [5.41, 5.74) is 0.999. The molecule has 2 atom stereocenters. The highest BCUT2D eigenvalue weighted by Crippen LogP contribution is 2.19. The standard InChI is InChI=1S/C11H16N2O2.C4H6O6/c1-12(2)9-6-5-7-10(8-9)15-11(14)13(3)4;5-1(3(7)8)2(6)4(9)10/h5-8H,1-4H3;1-2,5-6H,(H,7,8)(H,9,10)/t;1-,2-/m.1/s1. The zero-order valence-electron chi connectivity index (χ0n) is 14.3. The van der Waals surface area contributed by atoms with Crippen LogP contribution < -0.4 is 9.64 Å². The van der Waals surface area contributed by atoms with Crippen LogP contribution in [-0.2, 0) is 9.59 Å². The lowest BCUT2D eigenvalue weighted by Gasteiger charge is -2.14. The second kappa shape index (κ2) is 10.1. The van der Waals surface area contributed by atoms with Crippen LogP contribution in [0, 0.1) is 0 Å². The molecule has 1 aromatic carbocycles. The predicted molar refractivity (Wildman–Crippen MR) is 87.8 cm³/mol. The predicted octanol–water partition coefficient (Wildman–Crippen LogP) is -0.310. The van der Waals surface area contributed by atoms with Gasteiger partial charge >= 0.3 is 18.0 Å². The highest BCUT2D eigenvalue weighted by Gasteiger charge is 2.29. The fraction of sp³-hybridized carbons (Fsp3) is 0.400. The van der Waals surface area contributed by atoms with E-state index in [0.29, 0.717) is 5.75 Å². The summed E-state index contributed by atoms with van der Waals surface area (Å²) in [6.07, 6.45) is -4.90. The lowest BCUT2D eigenvalue weighted by atomic mass is 10.2. The molecule has 0 unspecified atom stereocenters. The first-order valence-corrected chi connectivity index (χ1v) is 6.95. The molecule has 1 amide bonds. The molecule has 0 aromatic heterocycles. The topological polar surface area (TPSA) is 148 Å². The molecule has 1 rings (SSSR count). The zero-order chi connectivity index (χ0) is 19.7. The number of amides is 1. The van der Waals surface area contributed by atoms with Crippen LogP contribution in [0.3, 0.4) is 0 Å². The number of aliphatic carboxylic acids is 2. The smallest absolute Gasteiger partial charge is 0.414 e. The third-order valence-electron chi connectivity index (χ3n) is 2.71. The molecule has 0 aliphatic rings. The van der Waals surface area contributed by atoms with Crippen molar-refractivity contribution in [2.45, 2.75) is 12.2 Å². The van der Waals surface area contributed by atoms with Gasteiger partial charge in [0.05, 0.1) is 0 Å². The van der Waals surface area contributed by atoms with E-state index in [1.54, 1.807) is 20.2 Å². The van der Waals surface area contributed by atoms with Gasteiger partial charge in [-0.25, -0.2) is 14.4 Å². The number of carbonyl (C=O) groups is 3. The molecule has 0 bridgehead atoms. The summed E-state index contributed by atoms with van der Waals surface area (Å²) < 4.78 is 5.13. The van der Waals surface area contributed by atoms with Crippen LogP contribution in [-0.4, -0.2) is 83.8 Å². The highest BCUT2D eigenvalue weighted by atomic mass is 16.6. The molecule has 0 saturated heterocycles. The van der Waals surface area contributed by atoms with Gasteiger partial charge in [0.25, 0.3) is 0 Å². The number of carbonyl (C=O) groups excluding carboxylic acids is 1. The van der Waals surface area contributed by atoms with E-state index in [1.165, 1.54) is 4.90 Å². The molecule has 1 aromatic rings. The van der Waals surface area contributed by atoms with Crippen molar-refractivity contribution >= 4 is 23.7 Å². The van der Waals surface area contributed by atoms with Crippen LogP contribution in [0.5, 0.6) is 5.75 Å². The van der Waals surface area contributed by atoms with E-state index >= 15 is 0 Å². The van der Waals surface area contributed by atoms with Crippen molar-refractivity contribution < 1.29 is 39.5 Å². The summed E-state index contributed by atoms with van der Waals surface area (Å²) in [6.45, 7) is 0. The Kier molecular flexibility index (Phi) is 8.95. The number of anilines is 1. The van der Waals surface area contributed by atoms with Gasteiger partial charge < -0.3 is 35.0 Å². The quantitative estimate of drug-likeness (QED) is 0.556. The Morgan fingerprint density at radius 3 is 1.80 bits per heavy atom. The SMILES string of the molecule is CN(C)C(=O)Oc1cccc(N(C)C)c1.O=C(O)[C@H](O)[C@@H](O)C(=O)O. The lowest BCUT2D eigenvalue weighted by molar-refractivity contribution is -0.165. The maximum atomic E-state index is 11.3. The first kappa shape index (κ1) is 22.1. The van der Waals surface area contributed by atoms with Gasteiger partial charge in [-0.3, -0.25) is 0 Å².